The summed E-state index contributed by atoms with van der Waals surface area (Å²) in [5.74, 6) is -0.861. The Balaban J connectivity index is 1.81. The van der Waals surface area contributed by atoms with Crippen LogP contribution in [-0.2, 0) is 25.7 Å². The number of benzene rings is 1. The van der Waals surface area contributed by atoms with Crippen molar-refractivity contribution in [1.29, 1.82) is 0 Å². The van der Waals surface area contributed by atoms with E-state index in [1.54, 1.807) is 6.92 Å². The van der Waals surface area contributed by atoms with Gasteiger partial charge in [0.2, 0.25) is 5.91 Å². The summed E-state index contributed by atoms with van der Waals surface area (Å²) in [4.78, 5) is 43.7. The quantitative estimate of drug-likeness (QED) is 0.262. The van der Waals surface area contributed by atoms with Crippen molar-refractivity contribution in [3.8, 4) is 0 Å². The number of non-ortho nitro benzene ring substituents is 1. The van der Waals surface area contributed by atoms with Gasteiger partial charge in [0, 0.05) is 18.6 Å². The molecule has 1 heterocycles. The molecule has 1 saturated heterocycles. The summed E-state index contributed by atoms with van der Waals surface area (Å²) in [6.07, 6.45) is -0.836. The van der Waals surface area contributed by atoms with Crippen molar-refractivity contribution >= 4 is 24.0 Å². The minimum absolute atomic E-state index is 0.0628. The van der Waals surface area contributed by atoms with E-state index in [-0.39, 0.29) is 30.7 Å². The number of nitrogens with zero attached hydrogens (tertiary/aromatic N) is 1. The van der Waals surface area contributed by atoms with Crippen LogP contribution in [0.1, 0.15) is 18.9 Å². The fourth-order valence-corrected chi connectivity index (χ4v) is 2.42. The van der Waals surface area contributed by atoms with Gasteiger partial charge in [-0.05, 0) is 24.6 Å². The maximum absolute atomic E-state index is 11.7. The van der Waals surface area contributed by atoms with Gasteiger partial charge < -0.3 is 19.6 Å². The number of aldehydes is 1. The molecule has 2 rings (SSSR count). The average molecular weight is 336 g/mol. The van der Waals surface area contributed by atoms with Crippen LogP contribution in [0.5, 0.6) is 0 Å². The molecule has 0 saturated carbocycles. The van der Waals surface area contributed by atoms with E-state index in [0.29, 0.717) is 11.8 Å². The maximum atomic E-state index is 11.7. The molecule has 0 spiro atoms. The Bertz CT molecular complexity index is 642. The van der Waals surface area contributed by atoms with E-state index in [4.69, 9.17) is 9.47 Å². The van der Waals surface area contributed by atoms with Gasteiger partial charge in [0.25, 0.3) is 5.69 Å². The first-order valence-electron chi connectivity index (χ1n) is 7.23. The highest BCUT2D eigenvalue weighted by atomic mass is 16.7. The molecule has 1 fully saturated rings. The Hall–Kier alpha value is -2.97. The summed E-state index contributed by atoms with van der Waals surface area (Å²) >= 11 is 0. The third-order valence-electron chi connectivity index (χ3n) is 3.71. The van der Waals surface area contributed by atoms with E-state index in [9.17, 15) is 24.5 Å². The van der Waals surface area contributed by atoms with Gasteiger partial charge in [0.1, 0.15) is 19.0 Å². The molecule has 128 valence electrons. The summed E-state index contributed by atoms with van der Waals surface area (Å²) in [6.45, 7) is 1.44. The van der Waals surface area contributed by atoms with Crippen molar-refractivity contribution in [3.63, 3.8) is 0 Å². The normalized spacial score (nSPS) is 20.3. The number of ether oxygens (including phenoxy) is 2. The number of nitro benzene ring substituents is 1. The fraction of sp³-hybridized carbons (Fsp3) is 0.400. The highest BCUT2D eigenvalue weighted by Gasteiger charge is 2.44. The highest BCUT2D eigenvalue weighted by Crippen LogP contribution is 2.23. The predicted octanol–water partition coefficient (Wildman–Crippen LogP) is 1.34. The molecule has 0 unspecified atom stereocenters. The number of β-lactam (4-membered cyclic amide) rings is 1. The molecule has 1 aromatic rings. The monoisotopic (exact) mass is 336 g/mol. The summed E-state index contributed by atoms with van der Waals surface area (Å²) in [6, 6.07) is 5.19. The van der Waals surface area contributed by atoms with Crippen molar-refractivity contribution in [3.05, 3.63) is 39.9 Å². The molecule has 9 nitrogen and oxygen atoms in total. The molecule has 9 heteroatoms. The lowest BCUT2D eigenvalue weighted by molar-refractivity contribution is -0.384. The van der Waals surface area contributed by atoms with Gasteiger partial charge in [-0.1, -0.05) is 0 Å². The lowest BCUT2D eigenvalue weighted by atomic mass is 9.84. The van der Waals surface area contributed by atoms with Gasteiger partial charge in [-0.15, -0.1) is 0 Å². The summed E-state index contributed by atoms with van der Waals surface area (Å²) in [7, 11) is 0. The molecule has 1 aliphatic rings. The Morgan fingerprint density at radius 2 is 2.08 bits per heavy atom. The Morgan fingerprint density at radius 1 is 1.42 bits per heavy atom. The molecule has 0 radical (unpaired) electrons. The van der Waals surface area contributed by atoms with Crippen molar-refractivity contribution in [2.24, 2.45) is 5.92 Å². The summed E-state index contributed by atoms with van der Waals surface area (Å²) in [5.41, 5.74) is 0.498. The third kappa shape index (κ3) is 4.06. The number of rotatable bonds is 7. The van der Waals surface area contributed by atoms with Crippen LogP contribution in [0, 0.1) is 16.0 Å². The number of nitrogens with one attached hydrogen (secondary N) is 1. The number of carbonyl (C=O) groups is 3. The number of hydrogen-bond acceptors (Lipinski definition) is 7. The van der Waals surface area contributed by atoms with Crippen LogP contribution in [-0.4, -0.2) is 35.4 Å². The van der Waals surface area contributed by atoms with Crippen LogP contribution in [0.25, 0.3) is 0 Å². The second-order valence-electron chi connectivity index (χ2n) is 5.33. The van der Waals surface area contributed by atoms with Crippen LogP contribution >= 0.6 is 0 Å². The first-order chi connectivity index (χ1) is 11.4. The van der Waals surface area contributed by atoms with Gasteiger partial charge >= 0.3 is 6.16 Å². The number of nitro groups is 1. The van der Waals surface area contributed by atoms with Gasteiger partial charge in [0.05, 0.1) is 16.9 Å². The first kappa shape index (κ1) is 17.4. The number of carbonyl (C=O) groups excluding carboxylic acids is 3. The molecule has 1 amide bonds. The lowest BCUT2D eigenvalue weighted by Crippen LogP contribution is -2.62. The van der Waals surface area contributed by atoms with Crippen LogP contribution in [0.2, 0.25) is 0 Å². The molecular weight excluding hydrogens is 320 g/mol. The topological polar surface area (TPSA) is 125 Å². The van der Waals surface area contributed by atoms with Crippen LogP contribution in [0.3, 0.4) is 0 Å². The number of amides is 1. The highest BCUT2D eigenvalue weighted by molar-refractivity contribution is 5.87. The molecule has 1 aromatic carbocycles. The van der Waals surface area contributed by atoms with E-state index < -0.39 is 23.1 Å². The smallest absolute Gasteiger partial charge is 0.430 e. The van der Waals surface area contributed by atoms with Crippen LogP contribution < -0.4 is 5.32 Å². The molecule has 3 atom stereocenters. The van der Waals surface area contributed by atoms with Gasteiger partial charge in [-0.25, -0.2) is 4.79 Å². The zero-order valence-electron chi connectivity index (χ0n) is 12.8. The minimum Gasteiger partial charge on any atom is -0.430 e. The van der Waals surface area contributed by atoms with Crippen LogP contribution in [0.4, 0.5) is 10.5 Å². The second kappa shape index (κ2) is 7.53. The zero-order chi connectivity index (χ0) is 17.7. The SMILES string of the molecule is C[C@H](OC(=O)OCc1ccc([N+](=O)[O-])cc1)[C@H]1C(=O)N[C@@H]1CC=O. The second-order valence-corrected chi connectivity index (χ2v) is 5.33. The average Bonchev–Trinajstić information content (AvgIpc) is 2.52. The first-order valence-corrected chi connectivity index (χ1v) is 7.23. The molecule has 0 aromatic heterocycles. The lowest BCUT2D eigenvalue weighted by Gasteiger charge is -2.38. The van der Waals surface area contributed by atoms with E-state index >= 15 is 0 Å². The van der Waals surface area contributed by atoms with Crippen LogP contribution in [0.15, 0.2) is 24.3 Å². The fourth-order valence-electron chi connectivity index (χ4n) is 2.42. The number of hydrogen-bond donors (Lipinski definition) is 1. The van der Waals surface area contributed by atoms with Gasteiger partial charge in [-0.3, -0.25) is 14.9 Å². The maximum Gasteiger partial charge on any atom is 0.508 e. The minimum atomic E-state index is -0.953. The van der Waals surface area contributed by atoms with Crippen molar-refractivity contribution < 1.29 is 28.8 Å². The largest absolute Gasteiger partial charge is 0.508 e. The van der Waals surface area contributed by atoms with Crippen molar-refractivity contribution in [1.82, 2.24) is 5.32 Å². The predicted molar refractivity (Wildman–Crippen MR) is 79.9 cm³/mol. The van der Waals surface area contributed by atoms with E-state index in [0.717, 1.165) is 0 Å². The summed E-state index contributed by atoms with van der Waals surface area (Å²) < 4.78 is 9.95. The Labute approximate surface area is 137 Å². The van der Waals surface area contributed by atoms with E-state index in [1.165, 1.54) is 24.3 Å². The van der Waals surface area contributed by atoms with Gasteiger partial charge in [0.15, 0.2) is 0 Å². The molecule has 0 aliphatic carbocycles. The van der Waals surface area contributed by atoms with Gasteiger partial charge in [-0.2, -0.15) is 0 Å². The molecule has 1 aliphatic heterocycles. The standard InChI is InChI=1S/C15H16N2O7/c1-9(13-12(6-7-18)16-14(13)19)24-15(20)23-8-10-2-4-11(5-3-10)17(21)22/h2-5,7,9,12-13H,6,8H2,1H3,(H,16,19)/t9-,12+,13+/m0/s1. The Morgan fingerprint density at radius 3 is 2.62 bits per heavy atom. The summed E-state index contributed by atoms with van der Waals surface area (Å²) in [5, 5.41) is 13.1. The zero-order valence-corrected chi connectivity index (χ0v) is 12.8. The molecule has 0 bridgehead atoms. The molecular formula is C15H16N2O7. The molecule has 24 heavy (non-hydrogen) atoms. The van der Waals surface area contributed by atoms with Crippen molar-refractivity contribution in [2.75, 3.05) is 0 Å². The third-order valence-corrected chi connectivity index (χ3v) is 3.71. The van der Waals surface area contributed by atoms with E-state index in [1.807, 2.05) is 0 Å². The van der Waals surface area contributed by atoms with Crippen molar-refractivity contribution in [2.45, 2.75) is 32.1 Å². The Kier molecular flexibility index (Phi) is 5.46. The molecule has 1 N–H and O–H groups in total. The van der Waals surface area contributed by atoms with E-state index in [2.05, 4.69) is 5.32 Å².